The van der Waals surface area contributed by atoms with Crippen molar-refractivity contribution >= 4 is 44.4 Å². The minimum absolute atomic E-state index is 0.227. The number of thiophene rings is 2. The van der Waals surface area contributed by atoms with Crippen LogP contribution in [0, 0.1) is 0 Å². The van der Waals surface area contributed by atoms with Crippen LogP contribution < -0.4 is 0 Å². The predicted octanol–water partition coefficient (Wildman–Crippen LogP) is 4.39. The molecule has 0 aliphatic rings. The van der Waals surface area contributed by atoms with Gasteiger partial charge in [-0.05, 0) is 45.2 Å². The monoisotopic (exact) mass is 300 g/mol. The molecule has 15 heavy (non-hydrogen) atoms. The van der Waals surface area contributed by atoms with E-state index in [1.807, 2.05) is 22.9 Å². The van der Waals surface area contributed by atoms with E-state index in [-0.39, 0.29) is 5.78 Å². The SMILES string of the molecule is O=C(CCc1cccs1)c1sccc1Br. The van der Waals surface area contributed by atoms with Crippen LogP contribution in [0.25, 0.3) is 0 Å². The van der Waals surface area contributed by atoms with Crippen molar-refractivity contribution in [1.29, 1.82) is 0 Å². The first-order valence-electron chi connectivity index (χ1n) is 4.56. The fraction of sp³-hybridized carbons (Fsp3) is 0.182. The van der Waals surface area contributed by atoms with Gasteiger partial charge < -0.3 is 0 Å². The zero-order valence-corrected chi connectivity index (χ0v) is 11.1. The largest absolute Gasteiger partial charge is 0.293 e. The molecular formula is C11H9BrOS2. The molecule has 0 amide bonds. The minimum Gasteiger partial charge on any atom is -0.293 e. The van der Waals surface area contributed by atoms with Gasteiger partial charge in [-0.3, -0.25) is 4.79 Å². The fourth-order valence-corrected chi connectivity index (χ4v) is 3.57. The lowest BCUT2D eigenvalue weighted by atomic mass is 10.2. The lowest BCUT2D eigenvalue weighted by molar-refractivity contribution is 0.0986. The van der Waals surface area contributed by atoms with Gasteiger partial charge in [-0.25, -0.2) is 0 Å². The third-order valence-electron chi connectivity index (χ3n) is 2.05. The Morgan fingerprint density at radius 2 is 2.13 bits per heavy atom. The Labute approximate surface area is 105 Å². The Kier molecular flexibility index (Phi) is 3.72. The standard InChI is InChI=1S/C11H9BrOS2/c12-9-5-7-15-11(9)10(13)4-3-8-2-1-6-14-8/h1-2,5-7H,3-4H2. The van der Waals surface area contributed by atoms with E-state index in [4.69, 9.17) is 0 Å². The van der Waals surface area contributed by atoms with E-state index >= 15 is 0 Å². The second-order valence-electron chi connectivity index (χ2n) is 3.10. The van der Waals surface area contributed by atoms with E-state index in [1.54, 1.807) is 11.3 Å². The highest BCUT2D eigenvalue weighted by atomic mass is 79.9. The third kappa shape index (κ3) is 2.77. The lowest BCUT2D eigenvalue weighted by Crippen LogP contribution is -1.98. The predicted molar refractivity (Wildman–Crippen MR) is 69.0 cm³/mol. The van der Waals surface area contributed by atoms with Crippen molar-refractivity contribution in [3.63, 3.8) is 0 Å². The van der Waals surface area contributed by atoms with Crippen molar-refractivity contribution in [2.24, 2.45) is 0 Å². The molecule has 0 saturated heterocycles. The highest BCUT2D eigenvalue weighted by Crippen LogP contribution is 2.24. The average Bonchev–Trinajstić information content (AvgIpc) is 2.84. The second-order valence-corrected chi connectivity index (χ2v) is 5.90. The van der Waals surface area contributed by atoms with Gasteiger partial charge in [0.2, 0.25) is 0 Å². The van der Waals surface area contributed by atoms with Gasteiger partial charge in [0, 0.05) is 15.8 Å². The normalized spacial score (nSPS) is 10.5. The van der Waals surface area contributed by atoms with Crippen LogP contribution >= 0.6 is 38.6 Å². The van der Waals surface area contributed by atoms with Crippen LogP contribution in [0.2, 0.25) is 0 Å². The van der Waals surface area contributed by atoms with Crippen molar-refractivity contribution in [3.05, 3.63) is 43.2 Å². The first-order chi connectivity index (χ1) is 7.27. The number of hydrogen-bond acceptors (Lipinski definition) is 3. The van der Waals surface area contributed by atoms with Gasteiger partial charge >= 0.3 is 0 Å². The molecule has 0 radical (unpaired) electrons. The average molecular weight is 301 g/mol. The van der Waals surface area contributed by atoms with E-state index in [0.717, 1.165) is 15.8 Å². The van der Waals surface area contributed by atoms with Gasteiger partial charge in [-0.1, -0.05) is 6.07 Å². The molecule has 2 aromatic rings. The van der Waals surface area contributed by atoms with E-state index in [2.05, 4.69) is 22.0 Å². The maximum absolute atomic E-state index is 11.8. The van der Waals surface area contributed by atoms with Gasteiger partial charge in [0.1, 0.15) is 0 Å². The third-order valence-corrected chi connectivity index (χ3v) is 4.86. The number of ketones is 1. The molecule has 1 nitrogen and oxygen atoms in total. The first-order valence-corrected chi connectivity index (χ1v) is 7.11. The van der Waals surface area contributed by atoms with E-state index < -0.39 is 0 Å². The Morgan fingerprint density at radius 1 is 1.27 bits per heavy atom. The molecule has 0 aromatic carbocycles. The zero-order valence-electron chi connectivity index (χ0n) is 7.90. The smallest absolute Gasteiger partial charge is 0.174 e. The molecule has 2 heterocycles. The number of aryl methyl sites for hydroxylation is 1. The summed E-state index contributed by atoms with van der Waals surface area (Å²) in [6.07, 6.45) is 1.44. The molecule has 0 N–H and O–H groups in total. The highest BCUT2D eigenvalue weighted by Gasteiger charge is 2.11. The number of carbonyl (C=O) groups excluding carboxylic acids is 1. The maximum Gasteiger partial charge on any atom is 0.174 e. The van der Waals surface area contributed by atoms with E-state index in [0.29, 0.717) is 6.42 Å². The minimum atomic E-state index is 0.227. The van der Waals surface area contributed by atoms with Crippen LogP contribution in [0.4, 0.5) is 0 Å². The molecule has 0 aliphatic heterocycles. The van der Waals surface area contributed by atoms with Crippen molar-refractivity contribution in [2.45, 2.75) is 12.8 Å². The Balaban J connectivity index is 1.96. The lowest BCUT2D eigenvalue weighted by Gasteiger charge is -1.97. The van der Waals surface area contributed by atoms with Crippen molar-refractivity contribution < 1.29 is 4.79 Å². The van der Waals surface area contributed by atoms with Gasteiger partial charge in [0.15, 0.2) is 5.78 Å². The summed E-state index contributed by atoms with van der Waals surface area (Å²) in [6, 6.07) is 6.01. The van der Waals surface area contributed by atoms with Crippen LogP contribution in [0.5, 0.6) is 0 Å². The molecular weight excluding hydrogens is 292 g/mol. The zero-order chi connectivity index (χ0) is 10.7. The molecule has 2 rings (SSSR count). The molecule has 0 unspecified atom stereocenters. The fourth-order valence-electron chi connectivity index (χ4n) is 1.30. The van der Waals surface area contributed by atoms with Crippen molar-refractivity contribution in [3.8, 4) is 0 Å². The molecule has 0 fully saturated rings. The molecule has 0 aliphatic carbocycles. The number of halogens is 1. The summed E-state index contributed by atoms with van der Waals surface area (Å²) in [5, 5.41) is 3.98. The summed E-state index contributed by atoms with van der Waals surface area (Å²) in [4.78, 5) is 13.9. The summed E-state index contributed by atoms with van der Waals surface area (Å²) in [5.41, 5.74) is 0. The first kappa shape index (κ1) is 11.0. The van der Waals surface area contributed by atoms with E-state index in [9.17, 15) is 4.79 Å². The van der Waals surface area contributed by atoms with Crippen LogP contribution in [-0.4, -0.2) is 5.78 Å². The molecule has 0 saturated carbocycles. The van der Waals surface area contributed by atoms with Crippen LogP contribution in [0.3, 0.4) is 0 Å². The quantitative estimate of drug-likeness (QED) is 0.766. The Bertz CT molecular complexity index is 445. The van der Waals surface area contributed by atoms with Gasteiger partial charge in [0.05, 0.1) is 4.88 Å². The summed E-state index contributed by atoms with van der Waals surface area (Å²) in [6.45, 7) is 0. The molecule has 2 aromatic heterocycles. The van der Waals surface area contributed by atoms with Crippen molar-refractivity contribution in [2.75, 3.05) is 0 Å². The highest BCUT2D eigenvalue weighted by molar-refractivity contribution is 9.10. The van der Waals surface area contributed by atoms with Gasteiger partial charge in [0.25, 0.3) is 0 Å². The summed E-state index contributed by atoms with van der Waals surface area (Å²) in [7, 11) is 0. The second kappa shape index (κ2) is 5.05. The van der Waals surface area contributed by atoms with Crippen LogP contribution in [0.1, 0.15) is 21.0 Å². The number of hydrogen-bond donors (Lipinski definition) is 0. The maximum atomic E-state index is 11.8. The number of rotatable bonds is 4. The molecule has 0 spiro atoms. The topological polar surface area (TPSA) is 17.1 Å². The van der Waals surface area contributed by atoms with Gasteiger partial charge in [-0.15, -0.1) is 22.7 Å². The van der Waals surface area contributed by atoms with E-state index in [1.165, 1.54) is 16.2 Å². The molecule has 0 atom stereocenters. The number of carbonyl (C=O) groups is 1. The molecule has 0 bridgehead atoms. The Hall–Kier alpha value is -0.450. The van der Waals surface area contributed by atoms with Crippen LogP contribution in [-0.2, 0) is 6.42 Å². The Morgan fingerprint density at radius 3 is 2.73 bits per heavy atom. The molecule has 4 heteroatoms. The summed E-state index contributed by atoms with van der Waals surface area (Å²) >= 11 is 6.59. The van der Waals surface area contributed by atoms with Gasteiger partial charge in [-0.2, -0.15) is 0 Å². The summed E-state index contributed by atoms with van der Waals surface area (Å²) < 4.78 is 0.920. The van der Waals surface area contributed by atoms with Crippen molar-refractivity contribution in [1.82, 2.24) is 0 Å². The summed E-state index contributed by atoms with van der Waals surface area (Å²) in [5.74, 6) is 0.227. The molecule has 78 valence electrons. The number of Topliss-reactive ketones (excluding diaryl/α,β-unsaturated/α-hetero) is 1. The van der Waals surface area contributed by atoms with Crippen LogP contribution in [0.15, 0.2) is 33.4 Å².